The van der Waals surface area contributed by atoms with Crippen molar-refractivity contribution < 1.29 is 9.53 Å². The maximum absolute atomic E-state index is 11.2. The van der Waals surface area contributed by atoms with Crippen molar-refractivity contribution in [1.82, 2.24) is 4.98 Å². The summed E-state index contributed by atoms with van der Waals surface area (Å²) in [6.07, 6.45) is 0.929. The van der Waals surface area contributed by atoms with Crippen molar-refractivity contribution in [1.29, 1.82) is 0 Å². The lowest BCUT2D eigenvalue weighted by Gasteiger charge is -2.11. The Labute approximate surface area is 114 Å². The average Bonchev–Trinajstić information content (AvgIpc) is 2.72. The molecule has 5 heteroatoms. The molecule has 1 heterocycles. The van der Waals surface area contributed by atoms with Crippen LogP contribution in [0.3, 0.4) is 0 Å². The molecule has 0 saturated carbocycles. The van der Waals surface area contributed by atoms with Crippen molar-refractivity contribution in [3.63, 3.8) is 0 Å². The Morgan fingerprint density at radius 3 is 2.78 bits per heavy atom. The molecule has 0 atom stereocenters. The summed E-state index contributed by atoms with van der Waals surface area (Å²) in [4.78, 5) is 14.5. The van der Waals surface area contributed by atoms with Crippen molar-refractivity contribution in [3.05, 3.63) is 22.3 Å². The predicted octanol–water partition coefficient (Wildman–Crippen LogP) is 3.46. The van der Waals surface area contributed by atoms with Gasteiger partial charge in [0.05, 0.1) is 17.3 Å². The Hall–Kier alpha value is -1.49. The van der Waals surface area contributed by atoms with Crippen LogP contribution in [0.1, 0.15) is 19.5 Å². The molecule has 1 amide bonds. The van der Waals surface area contributed by atoms with E-state index in [1.54, 1.807) is 7.11 Å². The van der Waals surface area contributed by atoms with E-state index >= 15 is 0 Å². The van der Waals surface area contributed by atoms with Crippen molar-refractivity contribution in [3.8, 4) is 5.75 Å². The Balaban J connectivity index is 2.66. The van der Waals surface area contributed by atoms with E-state index in [9.17, 15) is 4.79 Å². The van der Waals surface area contributed by atoms with E-state index in [1.165, 1.54) is 6.92 Å². The SMILES string of the molecule is CCc1cc2c(Br)c(OC)c(NC(C)=O)cc2[nH]1. The second kappa shape index (κ2) is 5.02. The minimum absolute atomic E-state index is 0.123. The van der Waals surface area contributed by atoms with Crippen LogP contribution in [-0.2, 0) is 11.2 Å². The van der Waals surface area contributed by atoms with E-state index < -0.39 is 0 Å². The fourth-order valence-corrected chi connectivity index (χ4v) is 2.65. The van der Waals surface area contributed by atoms with Gasteiger partial charge in [0.1, 0.15) is 0 Å². The summed E-state index contributed by atoms with van der Waals surface area (Å²) in [6, 6.07) is 3.97. The molecule has 0 bridgehead atoms. The van der Waals surface area contributed by atoms with Gasteiger partial charge in [0.25, 0.3) is 0 Å². The van der Waals surface area contributed by atoms with E-state index in [0.717, 1.165) is 27.5 Å². The number of halogens is 1. The van der Waals surface area contributed by atoms with E-state index in [0.29, 0.717) is 11.4 Å². The molecule has 0 aliphatic carbocycles. The molecule has 0 spiro atoms. The molecule has 4 nitrogen and oxygen atoms in total. The molecular formula is C13H15BrN2O2. The molecule has 1 aromatic carbocycles. The average molecular weight is 311 g/mol. The summed E-state index contributed by atoms with van der Waals surface area (Å²) < 4.78 is 6.20. The predicted molar refractivity (Wildman–Crippen MR) is 76.2 cm³/mol. The van der Waals surface area contributed by atoms with Crippen molar-refractivity contribution >= 4 is 38.4 Å². The van der Waals surface area contributed by atoms with Gasteiger partial charge in [0.2, 0.25) is 5.91 Å². The number of carbonyl (C=O) groups excluding carboxylic acids is 1. The highest BCUT2D eigenvalue weighted by atomic mass is 79.9. The van der Waals surface area contributed by atoms with Gasteiger partial charge >= 0.3 is 0 Å². The summed E-state index contributed by atoms with van der Waals surface area (Å²) in [5.41, 5.74) is 2.78. The topological polar surface area (TPSA) is 54.1 Å². The molecule has 1 aromatic heterocycles. The molecule has 0 radical (unpaired) electrons. The number of aryl methyl sites for hydroxylation is 1. The summed E-state index contributed by atoms with van der Waals surface area (Å²) in [5, 5.41) is 3.82. The van der Waals surface area contributed by atoms with Gasteiger partial charge in [0, 0.05) is 23.5 Å². The van der Waals surface area contributed by atoms with Crippen LogP contribution >= 0.6 is 15.9 Å². The van der Waals surface area contributed by atoms with Gasteiger partial charge in [-0.1, -0.05) is 6.92 Å². The summed E-state index contributed by atoms with van der Waals surface area (Å²) in [6.45, 7) is 3.56. The number of amides is 1. The van der Waals surface area contributed by atoms with Crippen LogP contribution < -0.4 is 10.1 Å². The van der Waals surface area contributed by atoms with Gasteiger partial charge in [-0.25, -0.2) is 0 Å². The second-order valence-corrected chi connectivity index (χ2v) is 4.85. The van der Waals surface area contributed by atoms with Gasteiger partial charge in [-0.05, 0) is 34.5 Å². The maximum atomic E-state index is 11.2. The number of hydrogen-bond donors (Lipinski definition) is 2. The number of ether oxygens (including phenoxy) is 1. The quantitative estimate of drug-likeness (QED) is 0.912. The van der Waals surface area contributed by atoms with E-state index in [4.69, 9.17) is 4.74 Å². The number of anilines is 1. The molecular weight excluding hydrogens is 296 g/mol. The molecule has 0 aliphatic rings. The molecule has 0 unspecified atom stereocenters. The van der Waals surface area contributed by atoms with Crippen LogP contribution in [0.2, 0.25) is 0 Å². The molecule has 2 rings (SSSR count). The second-order valence-electron chi connectivity index (χ2n) is 4.06. The molecule has 0 aliphatic heterocycles. The number of methoxy groups -OCH3 is 1. The highest BCUT2D eigenvalue weighted by molar-refractivity contribution is 9.10. The molecule has 2 aromatic rings. The fraction of sp³-hybridized carbons (Fsp3) is 0.308. The first kappa shape index (κ1) is 13.0. The number of carbonyl (C=O) groups is 1. The third kappa shape index (κ3) is 2.22. The normalized spacial score (nSPS) is 10.7. The van der Waals surface area contributed by atoms with Crippen molar-refractivity contribution in [2.45, 2.75) is 20.3 Å². The van der Waals surface area contributed by atoms with E-state index in [1.807, 2.05) is 6.07 Å². The molecule has 0 saturated heterocycles. The molecule has 2 N–H and O–H groups in total. The number of rotatable bonds is 3. The van der Waals surface area contributed by atoms with Gasteiger partial charge in [0.15, 0.2) is 5.75 Å². The van der Waals surface area contributed by atoms with Crippen molar-refractivity contribution in [2.75, 3.05) is 12.4 Å². The van der Waals surface area contributed by atoms with Gasteiger partial charge < -0.3 is 15.0 Å². The van der Waals surface area contributed by atoms with Gasteiger partial charge in [-0.2, -0.15) is 0 Å². The first-order valence-corrected chi connectivity index (χ1v) is 6.51. The van der Waals surface area contributed by atoms with Crippen LogP contribution in [0.25, 0.3) is 10.9 Å². The van der Waals surface area contributed by atoms with Gasteiger partial charge in [-0.3, -0.25) is 4.79 Å². The zero-order valence-electron chi connectivity index (χ0n) is 10.6. The minimum atomic E-state index is -0.123. The molecule has 96 valence electrons. The summed E-state index contributed by atoms with van der Waals surface area (Å²) in [7, 11) is 1.59. The number of aromatic amines is 1. The summed E-state index contributed by atoms with van der Waals surface area (Å²) >= 11 is 3.53. The lowest BCUT2D eigenvalue weighted by molar-refractivity contribution is -0.114. The first-order chi connectivity index (χ1) is 8.56. The van der Waals surface area contributed by atoms with Crippen LogP contribution in [0.4, 0.5) is 5.69 Å². The zero-order chi connectivity index (χ0) is 13.3. The molecule has 18 heavy (non-hydrogen) atoms. The highest BCUT2D eigenvalue weighted by Crippen LogP contribution is 2.40. The zero-order valence-corrected chi connectivity index (χ0v) is 12.1. The highest BCUT2D eigenvalue weighted by Gasteiger charge is 2.14. The lowest BCUT2D eigenvalue weighted by atomic mass is 10.2. The van der Waals surface area contributed by atoms with Crippen LogP contribution in [0, 0.1) is 0 Å². The fourth-order valence-electron chi connectivity index (χ4n) is 1.95. The Bertz CT molecular complexity index is 605. The Morgan fingerprint density at radius 1 is 1.50 bits per heavy atom. The Morgan fingerprint density at radius 2 is 2.22 bits per heavy atom. The number of hydrogen-bond acceptors (Lipinski definition) is 2. The summed E-state index contributed by atoms with van der Waals surface area (Å²) in [5.74, 6) is 0.515. The van der Waals surface area contributed by atoms with E-state index in [2.05, 4.69) is 39.2 Å². The lowest BCUT2D eigenvalue weighted by Crippen LogP contribution is -2.07. The standard InChI is InChI=1S/C13H15BrN2O2/c1-4-8-5-9-10(16-8)6-11(15-7(2)17)13(18-3)12(9)14/h5-6,16H,4H2,1-3H3,(H,15,17). The Kier molecular flexibility index (Phi) is 3.61. The van der Waals surface area contributed by atoms with Gasteiger partial charge in [-0.15, -0.1) is 0 Å². The van der Waals surface area contributed by atoms with Crippen LogP contribution in [0.5, 0.6) is 5.75 Å². The smallest absolute Gasteiger partial charge is 0.221 e. The third-order valence-corrected chi connectivity index (χ3v) is 3.56. The number of aromatic nitrogens is 1. The van der Waals surface area contributed by atoms with Crippen LogP contribution in [-0.4, -0.2) is 18.0 Å². The largest absolute Gasteiger partial charge is 0.493 e. The monoisotopic (exact) mass is 310 g/mol. The van der Waals surface area contributed by atoms with E-state index in [-0.39, 0.29) is 5.91 Å². The number of nitrogens with one attached hydrogen (secondary N) is 2. The number of fused-ring (bicyclic) bond motifs is 1. The third-order valence-electron chi connectivity index (χ3n) is 2.77. The molecule has 0 fully saturated rings. The first-order valence-electron chi connectivity index (χ1n) is 5.72. The van der Waals surface area contributed by atoms with Crippen molar-refractivity contribution in [2.24, 2.45) is 0 Å². The van der Waals surface area contributed by atoms with Crippen LogP contribution in [0.15, 0.2) is 16.6 Å². The number of H-pyrrole nitrogens is 1. The number of benzene rings is 1. The maximum Gasteiger partial charge on any atom is 0.221 e. The minimum Gasteiger partial charge on any atom is -0.493 e.